The number of nitrogens with zero attached hydrogens (tertiary/aromatic N) is 2. The molecule has 136 valence electrons. The van der Waals surface area contributed by atoms with Gasteiger partial charge in [-0.3, -0.25) is 9.59 Å². The van der Waals surface area contributed by atoms with Crippen molar-refractivity contribution in [1.29, 1.82) is 0 Å². The molecule has 0 aromatic heterocycles. The molecule has 0 spiro atoms. The Labute approximate surface area is 147 Å². The van der Waals surface area contributed by atoms with E-state index in [2.05, 4.69) is 0 Å². The number of carbonyl (C=O) groups excluding carboxylic acids is 2. The minimum absolute atomic E-state index is 0.00847. The normalized spacial score (nSPS) is 20.9. The third kappa shape index (κ3) is 3.78. The molecule has 2 fully saturated rings. The van der Waals surface area contributed by atoms with Crippen LogP contribution in [-0.4, -0.2) is 54.4 Å². The molecule has 0 bridgehead atoms. The Morgan fingerprint density at radius 1 is 1.28 bits per heavy atom. The monoisotopic (exact) mass is 348 g/mol. The van der Waals surface area contributed by atoms with Crippen LogP contribution in [-0.2, 0) is 4.79 Å². The summed E-state index contributed by atoms with van der Waals surface area (Å²) in [6, 6.07) is 4.48. The Morgan fingerprint density at radius 3 is 2.84 bits per heavy atom. The minimum atomic E-state index is -0.552. The van der Waals surface area contributed by atoms with E-state index in [-0.39, 0.29) is 29.2 Å². The lowest BCUT2D eigenvalue weighted by atomic mass is 9.97. The van der Waals surface area contributed by atoms with E-state index < -0.39 is 5.82 Å². The number of rotatable bonds is 5. The number of carbonyl (C=O) groups is 2. The Kier molecular flexibility index (Phi) is 5.56. The van der Waals surface area contributed by atoms with Crippen LogP contribution in [0.3, 0.4) is 0 Å². The molecule has 6 heteroatoms. The smallest absolute Gasteiger partial charge is 0.260 e. The van der Waals surface area contributed by atoms with Crippen molar-refractivity contribution in [3.8, 4) is 5.75 Å². The first kappa shape index (κ1) is 17.7. The highest BCUT2D eigenvalue weighted by Crippen LogP contribution is 2.28. The van der Waals surface area contributed by atoms with Gasteiger partial charge >= 0.3 is 0 Å². The number of likely N-dealkylation sites (tertiary alicyclic amines) is 2. The molecule has 2 heterocycles. The summed E-state index contributed by atoms with van der Waals surface area (Å²) in [6.07, 6.45) is 5.15. The van der Waals surface area contributed by atoms with Gasteiger partial charge in [0.15, 0.2) is 0 Å². The first-order valence-corrected chi connectivity index (χ1v) is 9.03. The largest absolute Gasteiger partial charge is 0.496 e. The lowest BCUT2D eigenvalue weighted by molar-refractivity contribution is -0.127. The Balaban J connectivity index is 1.74. The van der Waals surface area contributed by atoms with Gasteiger partial charge in [-0.15, -0.1) is 0 Å². The van der Waals surface area contributed by atoms with Gasteiger partial charge in [-0.1, -0.05) is 6.07 Å². The highest BCUT2D eigenvalue weighted by atomic mass is 19.1. The Bertz CT molecular complexity index is 650. The molecule has 2 aliphatic rings. The van der Waals surface area contributed by atoms with Gasteiger partial charge in [0.1, 0.15) is 17.1 Å². The first-order valence-electron chi connectivity index (χ1n) is 9.03. The maximum absolute atomic E-state index is 14.3. The molecule has 5 nitrogen and oxygen atoms in total. The van der Waals surface area contributed by atoms with E-state index in [0.29, 0.717) is 19.5 Å². The van der Waals surface area contributed by atoms with Gasteiger partial charge in [0.2, 0.25) is 5.91 Å². The van der Waals surface area contributed by atoms with Gasteiger partial charge < -0.3 is 14.5 Å². The van der Waals surface area contributed by atoms with Crippen molar-refractivity contribution in [3.05, 3.63) is 29.6 Å². The molecule has 0 N–H and O–H groups in total. The number of halogens is 1. The molecule has 0 saturated carbocycles. The zero-order valence-corrected chi connectivity index (χ0v) is 14.7. The number of benzene rings is 1. The Hall–Kier alpha value is -2.11. The van der Waals surface area contributed by atoms with Crippen molar-refractivity contribution >= 4 is 11.8 Å². The predicted molar refractivity (Wildman–Crippen MR) is 92.1 cm³/mol. The third-order valence-corrected chi connectivity index (χ3v) is 5.20. The van der Waals surface area contributed by atoms with Crippen molar-refractivity contribution in [1.82, 2.24) is 9.80 Å². The topological polar surface area (TPSA) is 49.9 Å². The second-order valence-corrected chi connectivity index (χ2v) is 6.74. The predicted octanol–water partition coefficient (Wildman–Crippen LogP) is 2.84. The van der Waals surface area contributed by atoms with Gasteiger partial charge in [0.25, 0.3) is 5.91 Å². The molecular weight excluding hydrogens is 323 g/mol. The van der Waals surface area contributed by atoms with E-state index in [1.807, 2.05) is 4.90 Å². The highest BCUT2D eigenvalue weighted by Gasteiger charge is 2.31. The van der Waals surface area contributed by atoms with Crippen molar-refractivity contribution < 1.29 is 18.7 Å². The zero-order valence-electron chi connectivity index (χ0n) is 14.7. The number of ether oxygens (including phenoxy) is 1. The molecule has 3 rings (SSSR count). The van der Waals surface area contributed by atoms with Crippen molar-refractivity contribution in [3.63, 3.8) is 0 Å². The number of methoxy groups -OCH3 is 1. The van der Waals surface area contributed by atoms with Crippen LogP contribution in [0, 0.1) is 5.82 Å². The molecule has 0 radical (unpaired) electrons. The van der Waals surface area contributed by atoms with E-state index in [0.717, 1.165) is 38.6 Å². The van der Waals surface area contributed by atoms with Gasteiger partial charge in [-0.25, -0.2) is 4.39 Å². The zero-order chi connectivity index (χ0) is 17.8. The summed E-state index contributed by atoms with van der Waals surface area (Å²) < 4.78 is 19.5. The first-order chi connectivity index (χ1) is 12.1. The van der Waals surface area contributed by atoms with Crippen LogP contribution in [0.15, 0.2) is 18.2 Å². The van der Waals surface area contributed by atoms with E-state index in [1.54, 1.807) is 11.0 Å². The SMILES string of the molecule is COc1cccc(F)c1C(=O)N1CCCC[C@H]1CCN1CCCC1=O. The van der Waals surface area contributed by atoms with Crippen LogP contribution in [0.1, 0.15) is 48.9 Å². The second kappa shape index (κ2) is 7.85. The Morgan fingerprint density at radius 2 is 2.12 bits per heavy atom. The summed E-state index contributed by atoms with van der Waals surface area (Å²) >= 11 is 0. The third-order valence-electron chi connectivity index (χ3n) is 5.20. The van der Waals surface area contributed by atoms with Crippen LogP contribution in [0.2, 0.25) is 0 Å². The average Bonchev–Trinajstić information content (AvgIpc) is 3.04. The van der Waals surface area contributed by atoms with Crippen LogP contribution < -0.4 is 4.74 Å². The molecule has 1 aromatic carbocycles. The maximum atomic E-state index is 14.3. The fourth-order valence-electron chi connectivity index (χ4n) is 3.84. The standard InChI is InChI=1S/C19H25FN2O3/c1-25-16-8-4-7-15(20)18(16)19(24)22-12-3-2-6-14(22)10-13-21-11-5-9-17(21)23/h4,7-8,14H,2-3,5-6,9-13H2,1H3/t14-/m0/s1. The number of piperidine rings is 1. The molecule has 0 aliphatic carbocycles. The summed E-state index contributed by atoms with van der Waals surface area (Å²) in [6.45, 7) is 2.09. The molecule has 2 saturated heterocycles. The molecule has 2 aliphatic heterocycles. The van der Waals surface area contributed by atoms with Gasteiger partial charge in [-0.2, -0.15) is 0 Å². The summed E-state index contributed by atoms with van der Waals surface area (Å²) in [5.74, 6) is -0.399. The van der Waals surface area contributed by atoms with E-state index in [9.17, 15) is 14.0 Å². The van der Waals surface area contributed by atoms with Crippen LogP contribution in [0.5, 0.6) is 5.75 Å². The van der Waals surface area contributed by atoms with Gasteiger partial charge in [-0.05, 0) is 44.2 Å². The average molecular weight is 348 g/mol. The number of hydrogen-bond donors (Lipinski definition) is 0. The minimum Gasteiger partial charge on any atom is -0.496 e. The van der Waals surface area contributed by atoms with Crippen LogP contribution in [0.25, 0.3) is 0 Å². The fraction of sp³-hybridized carbons (Fsp3) is 0.579. The molecular formula is C19H25FN2O3. The molecule has 1 aromatic rings. The molecule has 1 atom stereocenters. The fourth-order valence-corrected chi connectivity index (χ4v) is 3.84. The summed E-state index contributed by atoms with van der Waals surface area (Å²) in [5.41, 5.74) is 0.00847. The quantitative estimate of drug-likeness (QED) is 0.822. The summed E-state index contributed by atoms with van der Waals surface area (Å²) in [4.78, 5) is 28.4. The number of amides is 2. The highest BCUT2D eigenvalue weighted by molar-refractivity contribution is 5.97. The summed E-state index contributed by atoms with van der Waals surface area (Å²) in [5, 5.41) is 0. The van der Waals surface area contributed by atoms with E-state index in [4.69, 9.17) is 4.74 Å². The second-order valence-electron chi connectivity index (χ2n) is 6.74. The van der Waals surface area contributed by atoms with Crippen molar-refractivity contribution in [2.45, 2.75) is 44.6 Å². The van der Waals surface area contributed by atoms with Crippen molar-refractivity contribution in [2.75, 3.05) is 26.7 Å². The number of hydrogen-bond acceptors (Lipinski definition) is 3. The summed E-state index contributed by atoms with van der Waals surface area (Å²) in [7, 11) is 1.44. The molecule has 25 heavy (non-hydrogen) atoms. The maximum Gasteiger partial charge on any atom is 0.260 e. The molecule has 2 amide bonds. The van der Waals surface area contributed by atoms with E-state index in [1.165, 1.54) is 19.2 Å². The van der Waals surface area contributed by atoms with Crippen molar-refractivity contribution in [2.24, 2.45) is 0 Å². The van der Waals surface area contributed by atoms with Crippen LogP contribution in [0.4, 0.5) is 4.39 Å². The van der Waals surface area contributed by atoms with Gasteiger partial charge in [0, 0.05) is 32.1 Å². The lowest BCUT2D eigenvalue weighted by Gasteiger charge is -2.37. The molecule has 0 unspecified atom stereocenters. The van der Waals surface area contributed by atoms with Crippen LogP contribution >= 0.6 is 0 Å². The van der Waals surface area contributed by atoms with Gasteiger partial charge in [0.05, 0.1) is 7.11 Å². The lowest BCUT2D eigenvalue weighted by Crippen LogP contribution is -2.45. The van der Waals surface area contributed by atoms with E-state index >= 15 is 0 Å².